The molecule has 7 nitrogen and oxygen atoms in total. The van der Waals surface area contributed by atoms with Crippen LogP contribution in [0.1, 0.15) is 44.8 Å². The largest absolute Gasteiger partial charge is 0.357 e. The van der Waals surface area contributed by atoms with E-state index in [1.165, 1.54) is 13.0 Å². The van der Waals surface area contributed by atoms with Gasteiger partial charge in [0, 0.05) is 25.7 Å². The fourth-order valence-corrected chi connectivity index (χ4v) is 2.68. The van der Waals surface area contributed by atoms with Crippen molar-refractivity contribution in [1.29, 1.82) is 0 Å². The molecule has 0 atom stereocenters. The van der Waals surface area contributed by atoms with E-state index >= 15 is 0 Å². The van der Waals surface area contributed by atoms with Gasteiger partial charge >= 0.3 is 0 Å². The summed E-state index contributed by atoms with van der Waals surface area (Å²) in [5, 5.41) is 10.6. The van der Waals surface area contributed by atoms with Crippen LogP contribution >= 0.6 is 0 Å². The molecule has 7 heteroatoms. The molecule has 0 unspecified atom stereocenters. The minimum absolute atomic E-state index is 0.408. The van der Waals surface area contributed by atoms with Crippen molar-refractivity contribution < 1.29 is 4.52 Å². The fraction of sp³-hybridized carbons (Fsp3) is 0.800. The van der Waals surface area contributed by atoms with E-state index in [9.17, 15) is 0 Å². The number of guanidine groups is 1. The molecule has 1 aliphatic rings. The number of aromatic nitrogens is 2. The van der Waals surface area contributed by atoms with Crippen LogP contribution < -0.4 is 10.6 Å². The summed E-state index contributed by atoms with van der Waals surface area (Å²) in [7, 11) is 0. The van der Waals surface area contributed by atoms with Crippen LogP contribution in [0.4, 0.5) is 0 Å². The summed E-state index contributed by atoms with van der Waals surface area (Å²) in [6.07, 6.45) is 3.54. The van der Waals surface area contributed by atoms with Gasteiger partial charge in [0.1, 0.15) is 6.54 Å². The van der Waals surface area contributed by atoms with Gasteiger partial charge in [-0.2, -0.15) is 4.98 Å². The van der Waals surface area contributed by atoms with Gasteiger partial charge in [-0.25, -0.2) is 4.99 Å². The van der Waals surface area contributed by atoms with Crippen LogP contribution in [-0.2, 0) is 6.54 Å². The molecular weight excluding hydrogens is 280 g/mol. The summed E-state index contributed by atoms with van der Waals surface area (Å²) < 4.78 is 5.09. The lowest BCUT2D eigenvalue weighted by atomic mass is 10.1. The van der Waals surface area contributed by atoms with Crippen LogP contribution in [0.5, 0.6) is 0 Å². The molecule has 0 bridgehead atoms. The Morgan fingerprint density at radius 1 is 1.36 bits per heavy atom. The van der Waals surface area contributed by atoms with Crippen molar-refractivity contribution in [2.75, 3.05) is 26.2 Å². The molecule has 0 spiro atoms. The molecule has 124 valence electrons. The van der Waals surface area contributed by atoms with Crippen LogP contribution in [0.2, 0.25) is 0 Å². The van der Waals surface area contributed by atoms with Crippen molar-refractivity contribution in [3.8, 4) is 0 Å². The second kappa shape index (κ2) is 8.73. The minimum Gasteiger partial charge on any atom is -0.357 e. The maximum Gasteiger partial charge on any atom is 0.248 e. The van der Waals surface area contributed by atoms with Crippen LogP contribution in [0.15, 0.2) is 9.52 Å². The van der Waals surface area contributed by atoms with E-state index in [0.29, 0.717) is 24.3 Å². The van der Waals surface area contributed by atoms with Gasteiger partial charge in [-0.3, -0.25) is 0 Å². The number of hydrogen-bond donors (Lipinski definition) is 2. The Morgan fingerprint density at radius 2 is 2.14 bits per heavy atom. The first-order valence-electron chi connectivity index (χ1n) is 8.27. The van der Waals surface area contributed by atoms with Gasteiger partial charge in [0.2, 0.25) is 5.89 Å². The highest BCUT2D eigenvalue weighted by Gasteiger charge is 2.19. The summed E-state index contributed by atoms with van der Waals surface area (Å²) >= 11 is 0. The second-order valence-corrected chi connectivity index (χ2v) is 5.69. The lowest BCUT2D eigenvalue weighted by Crippen LogP contribution is -2.48. The van der Waals surface area contributed by atoms with Gasteiger partial charge in [0.15, 0.2) is 11.8 Å². The van der Waals surface area contributed by atoms with Gasteiger partial charge in [-0.05, 0) is 39.7 Å². The first kappa shape index (κ1) is 16.7. The van der Waals surface area contributed by atoms with Gasteiger partial charge in [-0.1, -0.05) is 12.1 Å². The Morgan fingerprint density at radius 3 is 2.73 bits per heavy atom. The minimum atomic E-state index is 0.408. The van der Waals surface area contributed by atoms with E-state index in [1.54, 1.807) is 0 Å². The third-order valence-corrected chi connectivity index (χ3v) is 3.75. The number of rotatable bonds is 6. The summed E-state index contributed by atoms with van der Waals surface area (Å²) in [5.74, 6) is 2.02. The molecule has 1 aromatic heterocycles. The number of likely N-dealkylation sites (tertiary alicyclic amines) is 1. The number of aliphatic imine (C=N–C) groups is 1. The fourth-order valence-electron chi connectivity index (χ4n) is 2.68. The smallest absolute Gasteiger partial charge is 0.248 e. The standard InChI is InChI=1S/C15H28N6O/c1-4-8-21-9-6-13(7-10-21)19-15(16-5-2)17-11-14-18-12(3)20-22-14/h13H,4-11H2,1-3H3,(H2,16,17,19). The summed E-state index contributed by atoms with van der Waals surface area (Å²) in [6.45, 7) is 10.9. The molecule has 2 rings (SSSR count). The highest BCUT2D eigenvalue weighted by atomic mass is 16.5. The van der Waals surface area contributed by atoms with Gasteiger partial charge in [0.25, 0.3) is 0 Å². The van der Waals surface area contributed by atoms with Crippen LogP contribution in [0, 0.1) is 6.92 Å². The molecule has 1 aliphatic heterocycles. The molecule has 1 saturated heterocycles. The number of nitrogens with zero attached hydrogens (tertiary/aromatic N) is 4. The van der Waals surface area contributed by atoms with E-state index in [0.717, 1.165) is 38.4 Å². The first-order valence-corrected chi connectivity index (χ1v) is 8.27. The van der Waals surface area contributed by atoms with Crippen molar-refractivity contribution in [1.82, 2.24) is 25.7 Å². The van der Waals surface area contributed by atoms with E-state index in [1.807, 2.05) is 6.92 Å². The zero-order valence-electron chi connectivity index (χ0n) is 13.9. The third kappa shape index (κ3) is 5.29. The lowest BCUT2D eigenvalue weighted by molar-refractivity contribution is 0.206. The summed E-state index contributed by atoms with van der Waals surface area (Å²) in [4.78, 5) is 11.2. The summed E-state index contributed by atoms with van der Waals surface area (Å²) in [6, 6.07) is 0.482. The highest BCUT2D eigenvalue weighted by Crippen LogP contribution is 2.10. The van der Waals surface area contributed by atoms with Crippen molar-refractivity contribution in [3.05, 3.63) is 11.7 Å². The third-order valence-electron chi connectivity index (χ3n) is 3.75. The van der Waals surface area contributed by atoms with Crippen molar-refractivity contribution >= 4 is 5.96 Å². The molecule has 0 aromatic carbocycles. The number of piperidine rings is 1. The average Bonchev–Trinajstić information content (AvgIpc) is 2.93. The molecule has 2 heterocycles. The molecular formula is C15H28N6O. The molecule has 1 aromatic rings. The molecule has 2 N–H and O–H groups in total. The van der Waals surface area contributed by atoms with Crippen molar-refractivity contribution in [2.45, 2.75) is 52.6 Å². The molecule has 0 aliphatic carbocycles. The quantitative estimate of drug-likeness (QED) is 0.609. The van der Waals surface area contributed by atoms with Gasteiger partial charge in [0.05, 0.1) is 0 Å². The molecule has 22 heavy (non-hydrogen) atoms. The first-order chi connectivity index (χ1) is 10.7. The van der Waals surface area contributed by atoms with Crippen LogP contribution in [-0.4, -0.2) is 53.2 Å². The van der Waals surface area contributed by atoms with E-state index < -0.39 is 0 Å². The summed E-state index contributed by atoms with van der Waals surface area (Å²) in [5.41, 5.74) is 0. The number of aryl methyl sites for hydroxylation is 1. The Balaban J connectivity index is 1.83. The normalized spacial score (nSPS) is 17.7. The van der Waals surface area contributed by atoms with E-state index in [4.69, 9.17) is 4.52 Å². The van der Waals surface area contributed by atoms with Crippen LogP contribution in [0.25, 0.3) is 0 Å². The highest BCUT2D eigenvalue weighted by molar-refractivity contribution is 5.80. The number of nitrogens with one attached hydrogen (secondary N) is 2. The topological polar surface area (TPSA) is 78.6 Å². The average molecular weight is 308 g/mol. The Labute approximate surface area is 132 Å². The predicted octanol–water partition coefficient (Wildman–Crippen LogP) is 1.31. The molecule has 1 fully saturated rings. The molecule has 0 saturated carbocycles. The zero-order chi connectivity index (χ0) is 15.8. The van der Waals surface area contributed by atoms with E-state index in [2.05, 4.69) is 44.5 Å². The Kier molecular flexibility index (Phi) is 6.64. The van der Waals surface area contributed by atoms with Gasteiger partial charge < -0.3 is 20.1 Å². The maximum absolute atomic E-state index is 5.09. The lowest BCUT2D eigenvalue weighted by Gasteiger charge is -2.32. The van der Waals surface area contributed by atoms with Crippen LogP contribution in [0.3, 0.4) is 0 Å². The Bertz CT molecular complexity index is 464. The molecule has 0 radical (unpaired) electrons. The van der Waals surface area contributed by atoms with E-state index in [-0.39, 0.29) is 0 Å². The molecule has 0 amide bonds. The van der Waals surface area contributed by atoms with Gasteiger partial charge in [-0.15, -0.1) is 0 Å². The monoisotopic (exact) mass is 308 g/mol. The maximum atomic E-state index is 5.09. The Hall–Kier alpha value is -1.63. The van der Waals surface area contributed by atoms with Crippen molar-refractivity contribution in [2.24, 2.45) is 4.99 Å². The number of hydrogen-bond acceptors (Lipinski definition) is 5. The second-order valence-electron chi connectivity index (χ2n) is 5.69. The predicted molar refractivity (Wildman–Crippen MR) is 86.7 cm³/mol. The SMILES string of the molecule is CCCN1CCC(NC(=NCc2nc(C)no2)NCC)CC1. The zero-order valence-corrected chi connectivity index (χ0v) is 13.9. The van der Waals surface area contributed by atoms with Crippen molar-refractivity contribution in [3.63, 3.8) is 0 Å².